The standard InChI is InChI=1S/C16H29N3O3S/c1-17(2)23(21,22)18-12-10-16(13-18)9-6-11-19(15(16)20)14-7-4-3-5-8-14/h14H,3-13H2,1-2H3/t16-/m0/s1. The van der Waals surface area contributed by atoms with E-state index in [4.69, 9.17) is 0 Å². The van der Waals surface area contributed by atoms with Crippen molar-refractivity contribution in [3.63, 3.8) is 0 Å². The largest absolute Gasteiger partial charge is 0.339 e. The molecule has 0 aromatic rings. The van der Waals surface area contributed by atoms with Crippen LogP contribution in [0.2, 0.25) is 0 Å². The Morgan fingerprint density at radius 1 is 1.04 bits per heavy atom. The van der Waals surface area contributed by atoms with E-state index >= 15 is 0 Å². The molecule has 1 amide bonds. The predicted molar refractivity (Wildman–Crippen MR) is 89.0 cm³/mol. The van der Waals surface area contributed by atoms with Crippen molar-refractivity contribution in [2.24, 2.45) is 5.41 Å². The lowest BCUT2D eigenvalue weighted by Gasteiger charge is -2.44. The van der Waals surface area contributed by atoms with Crippen LogP contribution in [0.5, 0.6) is 0 Å². The minimum absolute atomic E-state index is 0.215. The van der Waals surface area contributed by atoms with E-state index in [9.17, 15) is 13.2 Å². The number of carbonyl (C=O) groups is 1. The number of likely N-dealkylation sites (tertiary alicyclic amines) is 1. The molecule has 3 fully saturated rings. The zero-order chi connectivity index (χ0) is 16.7. The van der Waals surface area contributed by atoms with E-state index in [1.54, 1.807) is 14.1 Å². The number of rotatable bonds is 3. The fourth-order valence-electron chi connectivity index (χ4n) is 4.48. The van der Waals surface area contributed by atoms with Gasteiger partial charge < -0.3 is 4.90 Å². The lowest BCUT2D eigenvalue weighted by Crippen LogP contribution is -2.54. The minimum Gasteiger partial charge on any atom is -0.339 e. The third-order valence-electron chi connectivity index (χ3n) is 5.89. The summed E-state index contributed by atoms with van der Waals surface area (Å²) < 4.78 is 27.5. The van der Waals surface area contributed by atoms with Gasteiger partial charge in [0.25, 0.3) is 10.2 Å². The second-order valence-electron chi connectivity index (χ2n) is 7.55. The third-order valence-corrected chi connectivity index (χ3v) is 7.78. The van der Waals surface area contributed by atoms with Crippen LogP contribution in [0, 0.1) is 5.41 Å². The average molecular weight is 343 g/mol. The summed E-state index contributed by atoms with van der Waals surface area (Å²) in [4.78, 5) is 15.3. The SMILES string of the molecule is CN(C)S(=O)(=O)N1CC[C@@]2(CCCN(C3CCCCC3)C2=O)C1. The van der Waals surface area contributed by atoms with E-state index in [1.165, 1.54) is 27.9 Å². The van der Waals surface area contributed by atoms with Gasteiger partial charge in [0.1, 0.15) is 0 Å². The van der Waals surface area contributed by atoms with Crippen molar-refractivity contribution in [2.45, 2.75) is 57.4 Å². The van der Waals surface area contributed by atoms with Crippen LogP contribution in [0.15, 0.2) is 0 Å². The molecular weight excluding hydrogens is 314 g/mol. The number of hydrogen-bond acceptors (Lipinski definition) is 3. The van der Waals surface area contributed by atoms with Gasteiger partial charge in [-0.2, -0.15) is 17.0 Å². The normalized spacial score (nSPS) is 31.4. The first-order valence-electron chi connectivity index (χ1n) is 8.85. The van der Waals surface area contributed by atoms with E-state index in [1.807, 2.05) is 0 Å². The molecule has 1 aliphatic carbocycles. The fraction of sp³-hybridized carbons (Fsp3) is 0.938. The Morgan fingerprint density at radius 2 is 1.74 bits per heavy atom. The van der Waals surface area contributed by atoms with Crippen LogP contribution in [-0.2, 0) is 15.0 Å². The first-order chi connectivity index (χ1) is 10.9. The van der Waals surface area contributed by atoms with Crippen LogP contribution >= 0.6 is 0 Å². The van der Waals surface area contributed by atoms with Gasteiger partial charge in [-0.1, -0.05) is 19.3 Å². The molecule has 132 valence electrons. The quantitative estimate of drug-likeness (QED) is 0.779. The maximum Gasteiger partial charge on any atom is 0.281 e. The highest BCUT2D eigenvalue weighted by Gasteiger charge is 2.52. The number of piperidine rings is 1. The van der Waals surface area contributed by atoms with Crippen molar-refractivity contribution in [3.05, 3.63) is 0 Å². The molecule has 2 heterocycles. The van der Waals surface area contributed by atoms with Gasteiger partial charge in [-0.15, -0.1) is 0 Å². The molecule has 23 heavy (non-hydrogen) atoms. The number of carbonyl (C=O) groups excluding carboxylic acids is 1. The Morgan fingerprint density at radius 3 is 2.39 bits per heavy atom. The summed E-state index contributed by atoms with van der Waals surface area (Å²) in [5.41, 5.74) is -0.473. The number of hydrogen-bond donors (Lipinski definition) is 0. The third kappa shape index (κ3) is 3.03. The molecule has 0 aromatic carbocycles. The fourth-order valence-corrected chi connectivity index (χ4v) is 5.68. The second-order valence-corrected chi connectivity index (χ2v) is 9.69. The van der Waals surface area contributed by atoms with Crippen LogP contribution in [0.4, 0.5) is 0 Å². The summed E-state index contributed by atoms with van der Waals surface area (Å²) in [5, 5.41) is 0. The number of nitrogens with zero attached hydrogens (tertiary/aromatic N) is 3. The van der Waals surface area contributed by atoms with Crippen molar-refractivity contribution in [3.8, 4) is 0 Å². The van der Waals surface area contributed by atoms with Crippen LogP contribution in [0.25, 0.3) is 0 Å². The molecule has 6 nitrogen and oxygen atoms in total. The lowest BCUT2D eigenvalue weighted by molar-refractivity contribution is -0.149. The van der Waals surface area contributed by atoms with Crippen LogP contribution in [0.1, 0.15) is 51.4 Å². The van der Waals surface area contributed by atoms with E-state index in [-0.39, 0.29) is 5.91 Å². The van der Waals surface area contributed by atoms with Crippen molar-refractivity contribution in [1.82, 2.24) is 13.5 Å². The lowest BCUT2D eigenvalue weighted by atomic mass is 9.77. The Hall–Kier alpha value is -0.660. The molecule has 0 N–H and O–H groups in total. The van der Waals surface area contributed by atoms with E-state index in [0.29, 0.717) is 25.6 Å². The summed E-state index contributed by atoms with van der Waals surface area (Å²) in [5.74, 6) is 0.215. The zero-order valence-electron chi connectivity index (χ0n) is 14.3. The molecule has 1 saturated carbocycles. The topological polar surface area (TPSA) is 60.9 Å². The highest BCUT2D eigenvalue weighted by Crippen LogP contribution is 2.42. The van der Waals surface area contributed by atoms with E-state index in [2.05, 4.69) is 4.90 Å². The molecule has 2 aliphatic heterocycles. The van der Waals surface area contributed by atoms with Gasteiger partial charge in [0, 0.05) is 39.8 Å². The molecule has 0 radical (unpaired) electrons. The van der Waals surface area contributed by atoms with Crippen LogP contribution in [-0.4, -0.2) is 67.6 Å². The Balaban J connectivity index is 1.76. The van der Waals surface area contributed by atoms with Crippen molar-refractivity contribution >= 4 is 16.1 Å². The van der Waals surface area contributed by atoms with Crippen molar-refractivity contribution < 1.29 is 13.2 Å². The summed E-state index contributed by atoms with van der Waals surface area (Å²) in [6.45, 7) is 1.67. The molecule has 3 aliphatic rings. The molecular formula is C16H29N3O3S. The summed E-state index contributed by atoms with van der Waals surface area (Å²) in [7, 11) is -0.316. The van der Waals surface area contributed by atoms with Crippen LogP contribution in [0.3, 0.4) is 0 Å². The van der Waals surface area contributed by atoms with Gasteiger partial charge in [-0.3, -0.25) is 4.79 Å². The smallest absolute Gasteiger partial charge is 0.281 e. The van der Waals surface area contributed by atoms with Gasteiger partial charge in [0.15, 0.2) is 0 Å². The molecule has 3 rings (SSSR count). The second kappa shape index (κ2) is 6.33. The van der Waals surface area contributed by atoms with E-state index in [0.717, 1.165) is 32.2 Å². The first kappa shape index (κ1) is 17.2. The number of amides is 1. The van der Waals surface area contributed by atoms with E-state index < -0.39 is 15.6 Å². The maximum absolute atomic E-state index is 13.2. The summed E-state index contributed by atoms with van der Waals surface area (Å²) in [6.07, 6.45) is 8.42. The molecule has 0 bridgehead atoms. The molecule has 7 heteroatoms. The van der Waals surface area contributed by atoms with Crippen molar-refractivity contribution in [1.29, 1.82) is 0 Å². The summed E-state index contributed by atoms with van der Waals surface area (Å²) >= 11 is 0. The Labute approximate surface area is 140 Å². The molecule has 1 atom stereocenters. The Bertz CT molecular complexity index is 557. The summed E-state index contributed by atoms with van der Waals surface area (Å²) in [6, 6.07) is 0.382. The maximum atomic E-state index is 13.2. The highest BCUT2D eigenvalue weighted by atomic mass is 32.2. The first-order valence-corrected chi connectivity index (χ1v) is 10.3. The zero-order valence-corrected chi connectivity index (χ0v) is 15.1. The minimum atomic E-state index is -3.42. The van der Waals surface area contributed by atoms with Gasteiger partial charge in [-0.25, -0.2) is 0 Å². The van der Waals surface area contributed by atoms with Crippen LogP contribution < -0.4 is 0 Å². The molecule has 2 saturated heterocycles. The molecule has 1 spiro atoms. The average Bonchev–Trinajstić information content (AvgIpc) is 2.97. The monoisotopic (exact) mass is 343 g/mol. The van der Waals surface area contributed by atoms with Gasteiger partial charge in [0.2, 0.25) is 5.91 Å². The highest BCUT2D eigenvalue weighted by molar-refractivity contribution is 7.86. The predicted octanol–water partition coefficient (Wildman–Crippen LogP) is 1.44. The Kier molecular flexibility index (Phi) is 4.73. The van der Waals surface area contributed by atoms with Crippen molar-refractivity contribution in [2.75, 3.05) is 33.7 Å². The van der Waals surface area contributed by atoms with Gasteiger partial charge in [0.05, 0.1) is 5.41 Å². The molecule has 0 unspecified atom stereocenters. The van der Waals surface area contributed by atoms with Gasteiger partial charge in [-0.05, 0) is 32.1 Å². The van der Waals surface area contributed by atoms with Gasteiger partial charge >= 0.3 is 0 Å². The molecule has 0 aromatic heterocycles.